The molecule has 3 heterocycles. The third-order valence-electron chi connectivity index (χ3n) is 4.10. The van der Waals surface area contributed by atoms with Crippen molar-refractivity contribution in [2.75, 3.05) is 19.3 Å². The number of rotatable bonds is 4. The van der Waals surface area contributed by atoms with E-state index in [1.54, 1.807) is 17.5 Å². The fourth-order valence-corrected chi connectivity index (χ4v) is 4.99. The fraction of sp³-hybridized carbons (Fsp3) is 0.438. The lowest BCUT2D eigenvalue weighted by Crippen LogP contribution is -2.34. The number of halogens is 1. The first-order valence-electron chi connectivity index (χ1n) is 7.54. The Morgan fingerprint density at radius 2 is 2.30 bits per heavy atom. The SMILES string of the molecule is CS(=O)(=O)c1cc(Cl)cnc1[C@H]1CCCN(Cc2cccs2)C1. The van der Waals surface area contributed by atoms with E-state index < -0.39 is 9.84 Å². The zero-order chi connectivity index (χ0) is 16.4. The molecule has 1 fully saturated rings. The van der Waals surface area contributed by atoms with Gasteiger partial charge in [0.15, 0.2) is 9.84 Å². The second-order valence-electron chi connectivity index (χ2n) is 5.96. The molecule has 2 aromatic heterocycles. The van der Waals surface area contributed by atoms with Gasteiger partial charge in [-0.25, -0.2) is 8.42 Å². The first-order valence-corrected chi connectivity index (χ1v) is 10.7. The normalized spacial score (nSPS) is 19.8. The predicted octanol–water partition coefficient (Wildman–Crippen LogP) is 3.58. The number of piperidine rings is 1. The van der Waals surface area contributed by atoms with Gasteiger partial charge in [-0.2, -0.15) is 0 Å². The highest BCUT2D eigenvalue weighted by molar-refractivity contribution is 7.90. The smallest absolute Gasteiger partial charge is 0.177 e. The van der Waals surface area contributed by atoms with Gasteiger partial charge in [-0.3, -0.25) is 9.88 Å². The predicted molar refractivity (Wildman–Crippen MR) is 93.9 cm³/mol. The van der Waals surface area contributed by atoms with Crippen LogP contribution in [0.5, 0.6) is 0 Å². The van der Waals surface area contributed by atoms with Gasteiger partial charge in [-0.1, -0.05) is 17.7 Å². The summed E-state index contributed by atoms with van der Waals surface area (Å²) in [5, 5.41) is 2.44. The molecule has 4 nitrogen and oxygen atoms in total. The highest BCUT2D eigenvalue weighted by Crippen LogP contribution is 2.32. The van der Waals surface area contributed by atoms with Gasteiger partial charge in [0.25, 0.3) is 0 Å². The van der Waals surface area contributed by atoms with E-state index in [1.165, 1.54) is 17.2 Å². The van der Waals surface area contributed by atoms with Gasteiger partial charge < -0.3 is 0 Å². The van der Waals surface area contributed by atoms with Crippen molar-refractivity contribution in [2.45, 2.75) is 30.2 Å². The number of hydrogen-bond acceptors (Lipinski definition) is 5. The summed E-state index contributed by atoms with van der Waals surface area (Å²) in [6.45, 7) is 2.78. The summed E-state index contributed by atoms with van der Waals surface area (Å²) >= 11 is 7.70. The lowest BCUT2D eigenvalue weighted by molar-refractivity contribution is 0.199. The maximum atomic E-state index is 12.1. The van der Waals surface area contributed by atoms with Crippen LogP contribution in [0.15, 0.2) is 34.7 Å². The van der Waals surface area contributed by atoms with Crippen molar-refractivity contribution in [3.05, 3.63) is 45.4 Å². The van der Waals surface area contributed by atoms with Crippen molar-refractivity contribution < 1.29 is 8.42 Å². The van der Waals surface area contributed by atoms with E-state index in [4.69, 9.17) is 11.6 Å². The standard InChI is InChI=1S/C16H19ClN2O2S2/c1-23(20,21)15-8-13(17)9-18-16(15)12-4-2-6-19(10-12)11-14-5-3-7-22-14/h3,5,7-9,12H,2,4,6,10-11H2,1H3/t12-/m0/s1. The molecule has 124 valence electrons. The van der Waals surface area contributed by atoms with Crippen LogP contribution in [0.4, 0.5) is 0 Å². The second-order valence-corrected chi connectivity index (χ2v) is 9.42. The van der Waals surface area contributed by atoms with Gasteiger partial charge in [0.05, 0.1) is 15.6 Å². The van der Waals surface area contributed by atoms with Crippen molar-refractivity contribution in [2.24, 2.45) is 0 Å². The molecule has 0 saturated carbocycles. The number of hydrogen-bond donors (Lipinski definition) is 0. The summed E-state index contributed by atoms with van der Waals surface area (Å²) in [5.74, 6) is 0.130. The van der Waals surface area contributed by atoms with E-state index in [1.807, 2.05) is 0 Å². The maximum Gasteiger partial charge on any atom is 0.177 e. The zero-order valence-electron chi connectivity index (χ0n) is 12.9. The Bertz CT molecular complexity index is 775. The Morgan fingerprint density at radius 1 is 1.48 bits per heavy atom. The molecule has 0 aromatic carbocycles. The van der Waals surface area contributed by atoms with Crippen molar-refractivity contribution in [1.82, 2.24) is 9.88 Å². The number of nitrogens with zero attached hydrogens (tertiary/aromatic N) is 2. The van der Waals surface area contributed by atoms with Crippen molar-refractivity contribution in [3.8, 4) is 0 Å². The average molecular weight is 371 g/mol. The minimum atomic E-state index is -3.34. The largest absolute Gasteiger partial charge is 0.298 e. The molecule has 0 spiro atoms. The van der Waals surface area contributed by atoms with Crippen molar-refractivity contribution in [3.63, 3.8) is 0 Å². The van der Waals surface area contributed by atoms with E-state index in [-0.39, 0.29) is 10.8 Å². The quantitative estimate of drug-likeness (QED) is 0.825. The maximum absolute atomic E-state index is 12.1. The van der Waals surface area contributed by atoms with Gasteiger partial charge in [-0.15, -0.1) is 11.3 Å². The summed E-state index contributed by atoms with van der Waals surface area (Å²) in [4.78, 5) is 8.34. The van der Waals surface area contributed by atoms with E-state index in [9.17, 15) is 8.42 Å². The number of aromatic nitrogens is 1. The fourth-order valence-electron chi connectivity index (χ4n) is 3.08. The molecule has 0 N–H and O–H groups in total. The van der Waals surface area contributed by atoms with Crippen LogP contribution in [-0.4, -0.2) is 37.6 Å². The molecule has 7 heteroatoms. The van der Waals surface area contributed by atoms with Crippen molar-refractivity contribution >= 4 is 32.8 Å². The Balaban J connectivity index is 1.84. The highest BCUT2D eigenvalue weighted by Gasteiger charge is 2.27. The molecule has 1 atom stereocenters. The number of pyridine rings is 1. The molecular weight excluding hydrogens is 352 g/mol. The summed E-state index contributed by atoms with van der Waals surface area (Å²) < 4.78 is 24.2. The summed E-state index contributed by atoms with van der Waals surface area (Å²) in [5.41, 5.74) is 0.660. The molecule has 23 heavy (non-hydrogen) atoms. The van der Waals surface area contributed by atoms with E-state index in [0.29, 0.717) is 10.7 Å². The average Bonchev–Trinajstić information content (AvgIpc) is 2.99. The molecule has 3 rings (SSSR count). The summed E-state index contributed by atoms with van der Waals surface area (Å²) in [6, 6.07) is 5.72. The minimum absolute atomic E-state index is 0.130. The number of likely N-dealkylation sites (tertiary alicyclic amines) is 1. The van der Waals surface area contributed by atoms with E-state index >= 15 is 0 Å². The summed E-state index contributed by atoms with van der Waals surface area (Å²) in [6.07, 6.45) is 4.77. The summed E-state index contributed by atoms with van der Waals surface area (Å²) in [7, 11) is -3.34. The topological polar surface area (TPSA) is 50.3 Å². The van der Waals surface area contributed by atoms with Crippen LogP contribution in [0, 0.1) is 0 Å². The monoisotopic (exact) mass is 370 g/mol. The lowest BCUT2D eigenvalue weighted by atomic mass is 9.94. The third-order valence-corrected chi connectivity index (χ3v) is 6.29. The minimum Gasteiger partial charge on any atom is -0.298 e. The molecule has 0 bridgehead atoms. The van der Waals surface area contributed by atoms with Crippen LogP contribution in [0.1, 0.15) is 29.3 Å². The van der Waals surface area contributed by atoms with Crippen LogP contribution in [-0.2, 0) is 16.4 Å². The van der Waals surface area contributed by atoms with Gasteiger partial charge >= 0.3 is 0 Å². The van der Waals surface area contributed by atoms with Crippen LogP contribution in [0.25, 0.3) is 0 Å². The van der Waals surface area contributed by atoms with Crippen LogP contribution in [0.3, 0.4) is 0 Å². The molecular formula is C16H19ClN2O2S2. The van der Waals surface area contributed by atoms with Gasteiger partial charge in [0.1, 0.15) is 0 Å². The van der Waals surface area contributed by atoms with E-state index in [2.05, 4.69) is 27.4 Å². The Labute approximate surface area is 146 Å². The molecule has 0 amide bonds. The Kier molecular flexibility index (Phi) is 5.06. The Morgan fingerprint density at radius 3 is 3.00 bits per heavy atom. The second kappa shape index (κ2) is 6.89. The molecule has 1 saturated heterocycles. The highest BCUT2D eigenvalue weighted by atomic mass is 35.5. The number of sulfone groups is 1. The molecule has 1 aliphatic rings. The first-order chi connectivity index (χ1) is 10.9. The molecule has 0 radical (unpaired) electrons. The van der Waals surface area contributed by atoms with Crippen LogP contribution in [0.2, 0.25) is 5.02 Å². The molecule has 2 aromatic rings. The van der Waals surface area contributed by atoms with Crippen LogP contribution >= 0.6 is 22.9 Å². The third kappa shape index (κ3) is 4.12. The molecule has 1 aliphatic heterocycles. The molecule has 0 unspecified atom stereocenters. The van der Waals surface area contributed by atoms with E-state index in [0.717, 1.165) is 32.5 Å². The van der Waals surface area contributed by atoms with Crippen LogP contribution < -0.4 is 0 Å². The van der Waals surface area contributed by atoms with Crippen molar-refractivity contribution in [1.29, 1.82) is 0 Å². The zero-order valence-corrected chi connectivity index (χ0v) is 15.3. The van der Waals surface area contributed by atoms with Gasteiger partial charge in [0, 0.05) is 36.3 Å². The molecule has 0 aliphatic carbocycles. The first kappa shape index (κ1) is 16.9. The van der Waals surface area contributed by atoms with Gasteiger partial charge in [0.2, 0.25) is 0 Å². The number of thiophene rings is 1. The Hall–Kier alpha value is -0.950. The lowest BCUT2D eigenvalue weighted by Gasteiger charge is -2.32. The van der Waals surface area contributed by atoms with Gasteiger partial charge in [-0.05, 0) is 36.9 Å².